The number of non-ortho nitro benzene ring substituents is 1. The van der Waals surface area contributed by atoms with Crippen LogP contribution in [-0.4, -0.2) is 41.4 Å². The van der Waals surface area contributed by atoms with Gasteiger partial charge in [-0.25, -0.2) is 0 Å². The fourth-order valence-corrected chi connectivity index (χ4v) is 2.73. The minimum atomic E-state index is -0.450. The van der Waals surface area contributed by atoms with Gasteiger partial charge >= 0.3 is 0 Å². The molecule has 1 amide bonds. The summed E-state index contributed by atoms with van der Waals surface area (Å²) in [5.74, 6) is 0.0490. The lowest BCUT2D eigenvalue weighted by Gasteiger charge is -2.32. The van der Waals surface area contributed by atoms with Crippen molar-refractivity contribution in [3.05, 3.63) is 38.3 Å². The number of nitro benzene ring substituents is 1. The summed E-state index contributed by atoms with van der Waals surface area (Å²) in [6.07, 6.45) is 0.255. The van der Waals surface area contributed by atoms with E-state index in [0.29, 0.717) is 23.6 Å². The summed E-state index contributed by atoms with van der Waals surface area (Å²) in [5, 5.41) is 14.0. The Balaban J connectivity index is 2.06. The molecule has 108 valence electrons. The second-order valence-electron chi connectivity index (χ2n) is 4.90. The Morgan fingerprint density at radius 3 is 2.95 bits per heavy atom. The Bertz CT molecular complexity index is 536. The Kier molecular flexibility index (Phi) is 4.72. The van der Waals surface area contributed by atoms with Gasteiger partial charge in [-0.3, -0.25) is 14.9 Å². The maximum Gasteiger partial charge on any atom is 0.270 e. The molecule has 20 heavy (non-hydrogen) atoms. The summed E-state index contributed by atoms with van der Waals surface area (Å²) in [4.78, 5) is 24.3. The van der Waals surface area contributed by atoms with Gasteiger partial charge in [0.25, 0.3) is 5.69 Å². The molecule has 1 N–H and O–H groups in total. The van der Waals surface area contributed by atoms with Gasteiger partial charge < -0.3 is 10.2 Å². The standard InChI is InChI=1S/C13H16BrN3O3/c1-9-8-16(5-4-15-9)13(18)6-10-2-3-11(17(19)20)7-12(10)14/h2-3,7,9,15H,4-6,8H2,1H3. The van der Waals surface area contributed by atoms with Crippen LogP contribution in [0.25, 0.3) is 0 Å². The predicted octanol–water partition coefficient (Wildman–Crippen LogP) is 1.72. The lowest BCUT2D eigenvalue weighted by atomic mass is 10.1. The van der Waals surface area contributed by atoms with E-state index in [1.54, 1.807) is 6.07 Å². The molecule has 1 saturated heterocycles. The highest BCUT2D eigenvalue weighted by Gasteiger charge is 2.21. The average Bonchev–Trinajstić information content (AvgIpc) is 2.40. The van der Waals surface area contributed by atoms with Crippen LogP contribution >= 0.6 is 15.9 Å². The Morgan fingerprint density at radius 1 is 1.60 bits per heavy atom. The van der Waals surface area contributed by atoms with E-state index in [0.717, 1.165) is 12.1 Å². The van der Waals surface area contributed by atoms with E-state index in [1.807, 2.05) is 11.8 Å². The first-order valence-electron chi connectivity index (χ1n) is 6.41. The van der Waals surface area contributed by atoms with Gasteiger partial charge in [0.05, 0.1) is 11.3 Å². The van der Waals surface area contributed by atoms with E-state index >= 15 is 0 Å². The number of amides is 1. The Morgan fingerprint density at radius 2 is 2.35 bits per heavy atom. The van der Waals surface area contributed by atoms with Crippen molar-refractivity contribution < 1.29 is 9.72 Å². The maximum atomic E-state index is 12.2. The van der Waals surface area contributed by atoms with E-state index in [-0.39, 0.29) is 18.0 Å². The smallest absolute Gasteiger partial charge is 0.270 e. The number of nitrogens with zero attached hydrogens (tertiary/aromatic N) is 2. The van der Waals surface area contributed by atoms with Crippen molar-refractivity contribution in [2.45, 2.75) is 19.4 Å². The molecule has 0 aliphatic carbocycles. The van der Waals surface area contributed by atoms with Crippen molar-refractivity contribution in [1.29, 1.82) is 0 Å². The van der Waals surface area contributed by atoms with Crippen LogP contribution in [0.1, 0.15) is 12.5 Å². The van der Waals surface area contributed by atoms with E-state index < -0.39 is 4.92 Å². The molecule has 0 radical (unpaired) electrons. The highest BCUT2D eigenvalue weighted by atomic mass is 79.9. The summed E-state index contributed by atoms with van der Waals surface area (Å²) < 4.78 is 0.600. The van der Waals surface area contributed by atoms with Gasteiger partial charge in [-0.15, -0.1) is 0 Å². The molecular formula is C13H16BrN3O3. The van der Waals surface area contributed by atoms with Crippen LogP contribution in [0.4, 0.5) is 5.69 Å². The topological polar surface area (TPSA) is 75.5 Å². The first-order chi connectivity index (χ1) is 9.47. The zero-order chi connectivity index (χ0) is 14.7. The second-order valence-corrected chi connectivity index (χ2v) is 5.76. The van der Waals surface area contributed by atoms with Crippen LogP contribution in [0.15, 0.2) is 22.7 Å². The third kappa shape index (κ3) is 3.55. The number of hydrogen-bond acceptors (Lipinski definition) is 4. The van der Waals surface area contributed by atoms with Crippen LogP contribution in [0.2, 0.25) is 0 Å². The zero-order valence-corrected chi connectivity index (χ0v) is 12.7. The van der Waals surface area contributed by atoms with Crippen LogP contribution < -0.4 is 5.32 Å². The highest BCUT2D eigenvalue weighted by Crippen LogP contribution is 2.23. The fourth-order valence-electron chi connectivity index (χ4n) is 2.23. The quantitative estimate of drug-likeness (QED) is 0.670. The third-order valence-electron chi connectivity index (χ3n) is 3.31. The van der Waals surface area contributed by atoms with Gasteiger partial charge in [0.2, 0.25) is 5.91 Å². The highest BCUT2D eigenvalue weighted by molar-refractivity contribution is 9.10. The molecule has 2 rings (SSSR count). The molecule has 1 unspecified atom stereocenters. The molecule has 1 aromatic rings. The number of nitro groups is 1. The van der Waals surface area contributed by atoms with Crippen molar-refractivity contribution in [2.75, 3.05) is 19.6 Å². The van der Waals surface area contributed by atoms with Gasteiger partial charge in [-0.2, -0.15) is 0 Å². The lowest BCUT2D eigenvalue weighted by Crippen LogP contribution is -2.51. The summed E-state index contributed by atoms with van der Waals surface area (Å²) in [6.45, 7) is 4.24. The summed E-state index contributed by atoms with van der Waals surface area (Å²) in [6, 6.07) is 4.79. The SMILES string of the molecule is CC1CN(C(=O)Cc2ccc([N+](=O)[O-])cc2Br)CCN1. The number of carbonyl (C=O) groups excluding carboxylic acids is 1. The molecule has 0 spiro atoms. The van der Waals surface area contributed by atoms with E-state index in [4.69, 9.17) is 0 Å². The van der Waals surface area contributed by atoms with Crippen molar-refractivity contribution >= 4 is 27.5 Å². The van der Waals surface area contributed by atoms with Crippen molar-refractivity contribution in [3.63, 3.8) is 0 Å². The Labute approximate surface area is 125 Å². The molecule has 1 fully saturated rings. The first kappa shape index (κ1) is 14.9. The number of piperazine rings is 1. The molecular weight excluding hydrogens is 326 g/mol. The number of rotatable bonds is 3. The fraction of sp³-hybridized carbons (Fsp3) is 0.462. The summed E-state index contributed by atoms with van der Waals surface area (Å²) in [5.41, 5.74) is 0.788. The largest absolute Gasteiger partial charge is 0.340 e. The number of halogens is 1. The molecule has 1 atom stereocenters. The van der Waals surface area contributed by atoms with Gasteiger partial charge in [0.1, 0.15) is 0 Å². The lowest BCUT2D eigenvalue weighted by molar-refractivity contribution is -0.384. The van der Waals surface area contributed by atoms with E-state index in [2.05, 4.69) is 21.2 Å². The van der Waals surface area contributed by atoms with E-state index in [9.17, 15) is 14.9 Å². The van der Waals surface area contributed by atoms with Crippen LogP contribution in [-0.2, 0) is 11.2 Å². The molecule has 0 bridgehead atoms. The Hall–Kier alpha value is -1.47. The van der Waals surface area contributed by atoms with Crippen LogP contribution in [0, 0.1) is 10.1 Å². The predicted molar refractivity (Wildman–Crippen MR) is 78.5 cm³/mol. The average molecular weight is 342 g/mol. The molecule has 1 aliphatic rings. The maximum absolute atomic E-state index is 12.2. The van der Waals surface area contributed by atoms with Gasteiger partial charge in [0, 0.05) is 42.3 Å². The van der Waals surface area contributed by atoms with Gasteiger partial charge in [0.15, 0.2) is 0 Å². The molecule has 7 heteroatoms. The molecule has 6 nitrogen and oxygen atoms in total. The van der Waals surface area contributed by atoms with Crippen molar-refractivity contribution in [3.8, 4) is 0 Å². The first-order valence-corrected chi connectivity index (χ1v) is 7.20. The minimum Gasteiger partial charge on any atom is -0.340 e. The van der Waals surface area contributed by atoms with Crippen molar-refractivity contribution in [1.82, 2.24) is 10.2 Å². The second kappa shape index (κ2) is 6.32. The number of carbonyl (C=O) groups is 1. The van der Waals surface area contributed by atoms with Gasteiger partial charge in [-0.1, -0.05) is 22.0 Å². The van der Waals surface area contributed by atoms with Gasteiger partial charge in [-0.05, 0) is 12.5 Å². The van der Waals surface area contributed by atoms with E-state index in [1.165, 1.54) is 12.1 Å². The summed E-state index contributed by atoms with van der Waals surface area (Å²) in [7, 11) is 0. The molecule has 0 saturated carbocycles. The number of hydrogen-bond donors (Lipinski definition) is 1. The number of nitrogens with one attached hydrogen (secondary N) is 1. The third-order valence-corrected chi connectivity index (χ3v) is 4.05. The molecule has 0 aromatic heterocycles. The molecule has 1 heterocycles. The molecule has 1 aromatic carbocycles. The monoisotopic (exact) mass is 341 g/mol. The zero-order valence-electron chi connectivity index (χ0n) is 11.1. The summed E-state index contributed by atoms with van der Waals surface area (Å²) >= 11 is 3.29. The van der Waals surface area contributed by atoms with Crippen LogP contribution in [0.5, 0.6) is 0 Å². The molecule has 1 aliphatic heterocycles. The minimum absolute atomic E-state index is 0.0175. The normalized spacial score (nSPS) is 18.9. The number of benzene rings is 1. The van der Waals surface area contributed by atoms with Crippen LogP contribution in [0.3, 0.4) is 0 Å². The van der Waals surface area contributed by atoms with Crippen molar-refractivity contribution in [2.24, 2.45) is 0 Å².